The summed E-state index contributed by atoms with van der Waals surface area (Å²) in [5.41, 5.74) is 1.60. The molecular formula is C10H16N4O2. The van der Waals surface area contributed by atoms with Crippen molar-refractivity contribution >= 4 is 17.4 Å². The largest absolute Gasteiger partial charge is 0.382 e. The van der Waals surface area contributed by atoms with Crippen molar-refractivity contribution in [2.45, 2.75) is 26.4 Å². The van der Waals surface area contributed by atoms with E-state index in [4.69, 9.17) is 4.74 Å². The molecule has 0 fully saturated rings. The van der Waals surface area contributed by atoms with Gasteiger partial charge in [-0.15, -0.1) is 0 Å². The molecule has 2 heterocycles. The molecule has 1 unspecified atom stereocenters. The third-order valence-electron chi connectivity index (χ3n) is 2.64. The highest BCUT2D eigenvalue weighted by Crippen LogP contribution is 2.29. The fraction of sp³-hybridized carbons (Fsp3) is 0.600. The molecule has 1 aromatic heterocycles. The van der Waals surface area contributed by atoms with Gasteiger partial charge in [-0.25, -0.2) is 4.68 Å². The first-order valence-corrected chi connectivity index (χ1v) is 5.31. The molecule has 0 bridgehead atoms. The molecule has 0 saturated carbocycles. The highest BCUT2D eigenvalue weighted by Gasteiger charge is 2.29. The number of aromatic nitrogens is 2. The number of ether oxygens (including phenoxy) is 1. The van der Waals surface area contributed by atoms with Gasteiger partial charge in [0.2, 0.25) is 5.91 Å². The Morgan fingerprint density at radius 1 is 1.56 bits per heavy atom. The lowest BCUT2D eigenvalue weighted by molar-refractivity contribution is -0.118. The van der Waals surface area contributed by atoms with Crippen LogP contribution in [0.15, 0.2) is 0 Å². The number of carbonyl (C=O) groups is 1. The molecule has 6 nitrogen and oxygen atoms in total. The molecule has 2 N–H and O–H groups in total. The summed E-state index contributed by atoms with van der Waals surface area (Å²) in [5.74, 6) is 0.787. The number of anilines is 2. The lowest BCUT2D eigenvalue weighted by Crippen LogP contribution is -2.42. The van der Waals surface area contributed by atoms with Gasteiger partial charge in [-0.1, -0.05) is 0 Å². The fourth-order valence-corrected chi connectivity index (χ4v) is 1.83. The van der Waals surface area contributed by atoms with Crippen molar-refractivity contribution in [3.63, 3.8) is 0 Å². The second-order valence-corrected chi connectivity index (χ2v) is 3.77. The van der Waals surface area contributed by atoms with E-state index in [0.29, 0.717) is 6.61 Å². The molecule has 16 heavy (non-hydrogen) atoms. The third kappa shape index (κ3) is 1.65. The summed E-state index contributed by atoms with van der Waals surface area (Å²) in [7, 11) is 1.58. The summed E-state index contributed by atoms with van der Waals surface area (Å²) in [4.78, 5) is 11.7. The van der Waals surface area contributed by atoms with Gasteiger partial charge in [0.15, 0.2) is 0 Å². The van der Waals surface area contributed by atoms with Gasteiger partial charge >= 0.3 is 0 Å². The number of aryl methyl sites for hydroxylation is 2. The van der Waals surface area contributed by atoms with Crippen LogP contribution in [0.5, 0.6) is 0 Å². The minimum Gasteiger partial charge on any atom is -0.382 e. The maximum absolute atomic E-state index is 11.7. The van der Waals surface area contributed by atoms with Crippen LogP contribution >= 0.6 is 0 Å². The Labute approximate surface area is 94.0 Å². The second-order valence-electron chi connectivity index (χ2n) is 3.77. The fourth-order valence-electron chi connectivity index (χ4n) is 1.83. The smallest absolute Gasteiger partial charge is 0.249 e. The van der Waals surface area contributed by atoms with E-state index in [1.807, 2.05) is 18.5 Å². The van der Waals surface area contributed by atoms with E-state index in [2.05, 4.69) is 15.7 Å². The highest BCUT2D eigenvalue weighted by atomic mass is 16.5. The lowest BCUT2D eigenvalue weighted by atomic mass is 10.2. The number of methoxy groups -OCH3 is 1. The van der Waals surface area contributed by atoms with E-state index < -0.39 is 0 Å². The van der Waals surface area contributed by atoms with Gasteiger partial charge in [0.1, 0.15) is 17.5 Å². The maximum Gasteiger partial charge on any atom is 0.249 e. The topological polar surface area (TPSA) is 68.2 Å². The monoisotopic (exact) mass is 224 g/mol. The summed E-state index contributed by atoms with van der Waals surface area (Å²) < 4.78 is 6.83. The summed E-state index contributed by atoms with van der Waals surface area (Å²) >= 11 is 0. The Morgan fingerprint density at radius 2 is 2.31 bits per heavy atom. The third-order valence-corrected chi connectivity index (χ3v) is 2.64. The van der Waals surface area contributed by atoms with Crippen LogP contribution in [0, 0.1) is 6.92 Å². The van der Waals surface area contributed by atoms with E-state index in [9.17, 15) is 4.79 Å². The minimum absolute atomic E-state index is 0.0758. The van der Waals surface area contributed by atoms with Crippen LogP contribution in [0.4, 0.5) is 11.5 Å². The lowest BCUT2D eigenvalue weighted by Gasteiger charge is -2.24. The van der Waals surface area contributed by atoms with Gasteiger partial charge in [0.25, 0.3) is 0 Å². The first-order chi connectivity index (χ1) is 7.67. The van der Waals surface area contributed by atoms with Crippen LogP contribution in [0.3, 0.4) is 0 Å². The van der Waals surface area contributed by atoms with Crippen LogP contribution in [0.1, 0.15) is 12.6 Å². The summed E-state index contributed by atoms with van der Waals surface area (Å²) in [6.07, 6.45) is 0. The number of rotatable bonds is 3. The average Bonchev–Trinajstić information content (AvgIpc) is 2.57. The summed E-state index contributed by atoms with van der Waals surface area (Å²) in [6.45, 7) is 5.00. The Bertz CT molecular complexity index is 413. The van der Waals surface area contributed by atoms with Crippen molar-refractivity contribution in [1.29, 1.82) is 0 Å². The maximum atomic E-state index is 11.7. The molecule has 0 spiro atoms. The zero-order chi connectivity index (χ0) is 11.7. The van der Waals surface area contributed by atoms with Crippen molar-refractivity contribution in [2.75, 3.05) is 24.4 Å². The highest BCUT2D eigenvalue weighted by molar-refractivity contribution is 6.03. The van der Waals surface area contributed by atoms with Gasteiger partial charge in [0, 0.05) is 13.7 Å². The Morgan fingerprint density at radius 3 is 2.94 bits per heavy atom. The normalized spacial score (nSPS) is 18.9. The van der Waals surface area contributed by atoms with Gasteiger partial charge in [0.05, 0.1) is 12.3 Å². The number of nitrogens with one attached hydrogen (secondary N) is 2. The van der Waals surface area contributed by atoms with Crippen LogP contribution in [-0.4, -0.2) is 35.4 Å². The first kappa shape index (κ1) is 10.9. The van der Waals surface area contributed by atoms with Gasteiger partial charge in [-0.2, -0.15) is 5.10 Å². The molecular weight excluding hydrogens is 208 g/mol. The van der Waals surface area contributed by atoms with Gasteiger partial charge in [-0.3, -0.25) is 4.79 Å². The molecule has 1 aromatic rings. The van der Waals surface area contributed by atoms with Gasteiger partial charge < -0.3 is 15.4 Å². The van der Waals surface area contributed by atoms with Crippen LogP contribution in [0.2, 0.25) is 0 Å². The number of hydrogen-bond donors (Lipinski definition) is 2. The Balaban J connectivity index is 2.33. The minimum atomic E-state index is -0.348. The van der Waals surface area contributed by atoms with Crippen molar-refractivity contribution in [1.82, 2.24) is 9.78 Å². The number of hydrogen-bond acceptors (Lipinski definition) is 4. The Hall–Kier alpha value is -1.56. The van der Waals surface area contributed by atoms with E-state index in [1.54, 1.807) is 7.11 Å². The van der Waals surface area contributed by atoms with Crippen molar-refractivity contribution in [3.05, 3.63) is 5.69 Å². The zero-order valence-electron chi connectivity index (χ0n) is 9.70. The van der Waals surface area contributed by atoms with E-state index in [1.165, 1.54) is 0 Å². The molecule has 0 aliphatic carbocycles. The van der Waals surface area contributed by atoms with Crippen molar-refractivity contribution in [2.24, 2.45) is 0 Å². The van der Waals surface area contributed by atoms with Crippen LogP contribution in [-0.2, 0) is 16.1 Å². The molecule has 0 aromatic carbocycles. The SMILES string of the molecule is CCn1nc(C)c2c1NC(COC)C(=O)N2. The molecule has 1 aliphatic heterocycles. The molecule has 0 radical (unpaired) electrons. The number of fused-ring (bicyclic) bond motifs is 1. The van der Waals surface area contributed by atoms with Crippen LogP contribution < -0.4 is 10.6 Å². The predicted octanol–water partition coefficient (Wildman–Crippen LogP) is 0.590. The molecule has 0 saturated heterocycles. The zero-order valence-corrected chi connectivity index (χ0v) is 9.70. The molecule has 88 valence electrons. The molecule has 6 heteroatoms. The van der Waals surface area contributed by atoms with E-state index in [-0.39, 0.29) is 11.9 Å². The van der Waals surface area contributed by atoms with E-state index in [0.717, 1.165) is 23.7 Å². The first-order valence-electron chi connectivity index (χ1n) is 5.31. The second kappa shape index (κ2) is 4.13. The van der Waals surface area contributed by atoms with Gasteiger partial charge in [-0.05, 0) is 13.8 Å². The molecule has 1 atom stereocenters. The van der Waals surface area contributed by atoms with E-state index >= 15 is 0 Å². The molecule has 2 rings (SSSR count). The molecule has 1 aliphatic rings. The van der Waals surface area contributed by atoms with Crippen molar-refractivity contribution < 1.29 is 9.53 Å². The Kier molecular flexibility index (Phi) is 2.82. The number of carbonyl (C=O) groups excluding carboxylic acids is 1. The molecule has 1 amide bonds. The number of nitrogens with zero attached hydrogens (tertiary/aromatic N) is 2. The summed E-state index contributed by atoms with van der Waals surface area (Å²) in [5, 5.41) is 10.3. The average molecular weight is 224 g/mol. The quantitative estimate of drug-likeness (QED) is 0.788. The number of amides is 1. The predicted molar refractivity (Wildman–Crippen MR) is 60.6 cm³/mol. The van der Waals surface area contributed by atoms with Crippen molar-refractivity contribution in [3.8, 4) is 0 Å². The summed E-state index contributed by atoms with van der Waals surface area (Å²) in [6, 6.07) is -0.348. The van der Waals surface area contributed by atoms with Crippen LogP contribution in [0.25, 0.3) is 0 Å². The standard InChI is InChI=1S/C10H16N4O2/c1-4-14-9-8(6(2)13-14)12-10(15)7(11-9)5-16-3/h7,11H,4-5H2,1-3H3,(H,12,15).